The van der Waals surface area contributed by atoms with Gasteiger partial charge in [-0.25, -0.2) is 13.6 Å². The zero-order valence-corrected chi connectivity index (χ0v) is 20.1. The summed E-state index contributed by atoms with van der Waals surface area (Å²) in [4.78, 5) is 14.6. The van der Waals surface area contributed by atoms with Crippen molar-refractivity contribution in [2.45, 2.75) is 57.8 Å². The van der Waals surface area contributed by atoms with E-state index < -0.39 is 10.0 Å². The van der Waals surface area contributed by atoms with Crippen molar-refractivity contribution in [1.29, 1.82) is 0 Å². The lowest BCUT2D eigenvalue weighted by molar-refractivity contribution is 0.0953. The summed E-state index contributed by atoms with van der Waals surface area (Å²) >= 11 is 0. The number of nitrogens with one attached hydrogen (secondary N) is 1. The Balaban J connectivity index is 2.70. The van der Waals surface area contributed by atoms with Gasteiger partial charge in [-0.15, -0.1) is 0 Å². The highest BCUT2D eigenvalue weighted by molar-refractivity contribution is 7.89. The molecule has 7 nitrogen and oxygen atoms in total. The lowest BCUT2D eigenvalue weighted by Gasteiger charge is -2.28. The molecule has 32 heavy (non-hydrogen) atoms. The van der Waals surface area contributed by atoms with Crippen LogP contribution in [-0.4, -0.2) is 34.0 Å². The van der Waals surface area contributed by atoms with Gasteiger partial charge < -0.3 is 15.0 Å². The van der Waals surface area contributed by atoms with Gasteiger partial charge in [-0.05, 0) is 43.5 Å². The number of anilines is 1. The molecule has 0 unspecified atom stereocenters. The number of rotatable bonds is 13. The number of sulfonamides is 1. The van der Waals surface area contributed by atoms with Crippen LogP contribution in [0.25, 0.3) is 0 Å². The van der Waals surface area contributed by atoms with E-state index in [9.17, 15) is 13.2 Å². The van der Waals surface area contributed by atoms with Gasteiger partial charge in [0.15, 0.2) is 5.75 Å². The van der Waals surface area contributed by atoms with E-state index in [4.69, 9.17) is 9.88 Å². The number of primary sulfonamides is 1. The number of nitrogens with two attached hydrogens (primary N) is 1. The zero-order chi connectivity index (χ0) is 23.6. The largest absolute Gasteiger partial charge is 0.454 e. The maximum Gasteiger partial charge on any atom is 0.251 e. The Morgan fingerprint density at radius 1 is 1.00 bits per heavy atom. The number of nitrogens with zero attached hydrogens (tertiary/aromatic N) is 1. The summed E-state index contributed by atoms with van der Waals surface area (Å²) in [5.74, 6) is 0.306. The molecule has 1 amide bonds. The fraction of sp³-hybridized carbons (Fsp3) is 0.458. The number of hydrogen-bond donors (Lipinski definition) is 2. The van der Waals surface area contributed by atoms with Gasteiger partial charge in [-0.1, -0.05) is 51.8 Å². The number of unbranched alkanes of at least 4 members (excludes halogenated alkanes) is 2. The molecule has 0 bridgehead atoms. The maximum atomic E-state index is 12.7. The van der Waals surface area contributed by atoms with E-state index in [1.54, 1.807) is 18.2 Å². The lowest BCUT2D eigenvalue weighted by Crippen LogP contribution is -2.29. The normalized spacial score (nSPS) is 11.2. The predicted molar refractivity (Wildman–Crippen MR) is 129 cm³/mol. The van der Waals surface area contributed by atoms with E-state index in [-0.39, 0.29) is 22.1 Å². The van der Waals surface area contributed by atoms with E-state index in [1.807, 2.05) is 25.1 Å². The van der Waals surface area contributed by atoms with Gasteiger partial charge in [-0.2, -0.15) is 0 Å². The van der Waals surface area contributed by atoms with Gasteiger partial charge in [0.05, 0.1) is 5.69 Å². The van der Waals surface area contributed by atoms with Gasteiger partial charge in [-0.3, -0.25) is 4.79 Å². The molecule has 8 heteroatoms. The minimum Gasteiger partial charge on any atom is -0.454 e. The lowest BCUT2D eigenvalue weighted by atomic mass is 10.1. The molecule has 0 aliphatic heterocycles. The topological polar surface area (TPSA) is 102 Å². The molecule has 0 spiro atoms. The van der Waals surface area contributed by atoms with E-state index >= 15 is 0 Å². The molecular weight excluding hydrogens is 426 g/mol. The molecule has 2 aromatic carbocycles. The van der Waals surface area contributed by atoms with E-state index in [0.29, 0.717) is 31.1 Å². The number of para-hydroxylation sites is 1. The summed E-state index contributed by atoms with van der Waals surface area (Å²) in [5, 5.41) is 8.41. The van der Waals surface area contributed by atoms with Crippen molar-refractivity contribution in [3.8, 4) is 11.5 Å². The van der Waals surface area contributed by atoms with Crippen LogP contribution in [0.1, 0.15) is 63.2 Å². The van der Waals surface area contributed by atoms with Crippen LogP contribution in [0.15, 0.2) is 47.4 Å². The minimum absolute atomic E-state index is 0.151. The Labute approximate surface area is 192 Å². The Morgan fingerprint density at radius 2 is 1.62 bits per heavy atom. The number of ether oxygens (including phenoxy) is 1. The van der Waals surface area contributed by atoms with E-state index in [2.05, 4.69) is 24.1 Å². The first-order valence-electron chi connectivity index (χ1n) is 11.3. The molecule has 0 atom stereocenters. The highest BCUT2D eigenvalue weighted by Crippen LogP contribution is 2.39. The van der Waals surface area contributed by atoms with Crippen LogP contribution in [-0.2, 0) is 10.0 Å². The molecule has 2 rings (SSSR count). The predicted octanol–water partition coefficient (Wildman–Crippen LogP) is 4.67. The Bertz CT molecular complexity index is 970. The first kappa shape index (κ1) is 25.7. The van der Waals surface area contributed by atoms with Crippen molar-refractivity contribution >= 4 is 21.6 Å². The van der Waals surface area contributed by atoms with E-state index in [0.717, 1.165) is 32.1 Å². The number of carbonyl (C=O) groups excluding carboxylic acids is 1. The van der Waals surface area contributed by atoms with Crippen LogP contribution in [0, 0.1) is 0 Å². The fourth-order valence-corrected chi connectivity index (χ4v) is 3.96. The second-order valence-electron chi connectivity index (χ2n) is 7.73. The summed E-state index contributed by atoms with van der Waals surface area (Å²) in [5.41, 5.74) is 0.805. The molecule has 0 saturated heterocycles. The van der Waals surface area contributed by atoms with Gasteiger partial charge in [0.1, 0.15) is 10.6 Å². The Hall–Kier alpha value is -2.58. The Morgan fingerprint density at radius 3 is 2.16 bits per heavy atom. The first-order valence-corrected chi connectivity index (χ1v) is 12.8. The third-order valence-electron chi connectivity index (χ3n) is 5.01. The van der Waals surface area contributed by atoms with Crippen LogP contribution in [0.2, 0.25) is 0 Å². The molecule has 0 aliphatic rings. The number of carbonyl (C=O) groups is 1. The van der Waals surface area contributed by atoms with Crippen molar-refractivity contribution in [3.05, 3.63) is 48.0 Å². The number of benzene rings is 2. The third-order valence-corrected chi connectivity index (χ3v) is 5.92. The smallest absolute Gasteiger partial charge is 0.251 e. The molecule has 0 aromatic heterocycles. The zero-order valence-electron chi connectivity index (χ0n) is 19.3. The second kappa shape index (κ2) is 12.5. The average molecular weight is 462 g/mol. The Kier molecular flexibility index (Phi) is 9.99. The van der Waals surface area contributed by atoms with Crippen molar-refractivity contribution in [2.75, 3.05) is 24.5 Å². The molecular formula is C24H35N3O4S. The van der Waals surface area contributed by atoms with Gasteiger partial charge in [0.25, 0.3) is 5.91 Å². The summed E-state index contributed by atoms with van der Waals surface area (Å²) in [6.45, 7) is 8.08. The summed E-state index contributed by atoms with van der Waals surface area (Å²) in [7, 11) is -4.16. The summed E-state index contributed by atoms with van der Waals surface area (Å²) < 4.78 is 31.3. The molecule has 0 radical (unpaired) electrons. The standard InChI is InChI=1S/C24H35N3O4S/c1-4-7-15-27(16-8-5-2)21-17-19(24(28)26-14-6-3)18-22(32(25,29)30)23(21)31-20-12-10-9-11-13-20/h9-13,17-18H,4-8,14-16H2,1-3H3,(H,26,28)(H2,25,29,30). The van der Waals surface area contributed by atoms with Gasteiger partial charge >= 0.3 is 0 Å². The minimum atomic E-state index is -4.16. The molecule has 0 saturated carbocycles. The third kappa shape index (κ3) is 7.24. The molecule has 0 aliphatic carbocycles. The molecule has 2 aromatic rings. The molecule has 176 valence electrons. The average Bonchev–Trinajstić information content (AvgIpc) is 2.77. The summed E-state index contributed by atoms with van der Waals surface area (Å²) in [6, 6.07) is 12.0. The van der Waals surface area contributed by atoms with Crippen molar-refractivity contribution in [1.82, 2.24) is 5.32 Å². The molecule has 0 heterocycles. The molecule has 3 N–H and O–H groups in total. The first-order chi connectivity index (χ1) is 15.3. The van der Waals surface area contributed by atoms with Crippen molar-refractivity contribution in [2.24, 2.45) is 5.14 Å². The fourth-order valence-electron chi connectivity index (χ4n) is 3.27. The highest BCUT2D eigenvalue weighted by Gasteiger charge is 2.26. The van der Waals surface area contributed by atoms with Crippen LogP contribution in [0.4, 0.5) is 5.69 Å². The van der Waals surface area contributed by atoms with Crippen molar-refractivity contribution in [3.63, 3.8) is 0 Å². The van der Waals surface area contributed by atoms with Gasteiger partial charge in [0.2, 0.25) is 10.0 Å². The second-order valence-corrected chi connectivity index (χ2v) is 9.26. The van der Waals surface area contributed by atoms with Crippen LogP contribution in [0.3, 0.4) is 0 Å². The van der Waals surface area contributed by atoms with Crippen LogP contribution >= 0.6 is 0 Å². The van der Waals surface area contributed by atoms with Crippen molar-refractivity contribution < 1.29 is 17.9 Å². The van der Waals surface area contributed by atoms with Crippen LogP contribution in [0.5, 0.6) is 11.5 Å². The monoisotopic (exact) mass is 461 g/mol. The summed E-state index contributed by atoms with van der Waals surface area (Å²) in [6.07, 6.45) is 4.58. The number of hydrogen-bond acceptors (Lipinski definition) is 5. The number of amides is 1. The maximum absolute atomic E-state index is 12.7. The SMILES string of the molecule is CCCCN(CCCC)c1cc(C(=O)NCCC)cc(S(N)(=O)=O)c1Oc1ccccc1. The van der Waals surface area contributed by atoms with Gasteiger partial charge in [0, 0.05) is 25.2 Å². The highest BCUT2D eigenvalue weighted by atomic mass is 32.2. The van der Waals surface area contributed by atoms with Crippen LogP contribution < -0.4 is 20.1 Å². The van der Waals surface area contributed by atoms with E-state index in [1.165, 1.54) is 6.07 Å². The molecule has 0 fully saturated rings. The quantitative estimate of drug-likeness (QED) is 0.451.